The number of halogens is 1. The predicted molar refractivity (Wildman–Crippen MR) is 84.4 cm³/mol. The van der Waals surface area contributed by atoms with Gasteiger partial charge >= 0.3 is 0 Å². The summed E-state index contributed by atoms with van der Waals surface area (Å²) in [6.45, 7) is 2.52. The van der Waals surface area contributed by atoms with Gasteiger partial charge in [0.15, 0.2) is 0 Å². The Labute approximate surface area is 129 Å². The highest BCUT2D eigenvalue weighted by molar-refractivity contribution is 9.10. The minimum atomic E-state index is -0.359. The van der Waals surface area contributed by atoms with Gasteiger partial charge in [0.2, 0.25) is 0 Å². The topological polar surface area (TPSA) is 61.0 Å². The van der Waals surface area contributed by atoms with E-state index in [4.69, 9.17) is 0 Å². The van der Waals surface area contributed by atoms with Crippen LogP contribution in [0.15, 0.2) is 47.1 Å². The number of nitro benzene ring substituents is 1. The zero-order valence-corrected chi connectivity index (χ0v) is 12.9. The Balaban J connectivity index is 2.12. The molecule has 0 fully saturated rings. The van der Waals surface area contributed by atoms with Gasteiger partial charge in [0.05, 0.1) is 28.1 Å². The second-order valence-electron chi connectivity index (χ2n) is 4.80. The number of pyridine rings is 1. The summed E-state index contributed by atoms with van der Waals surface area (Å²) < 4.78 is 2.69. The zero-order chi connectivity index (χ0) is 15.0. The average Bonchev–Trinajstić information content (AvgIpc) is 2.75. The van der Waals surface area contributed by atoms with Crippen molar-refractivity contribution in [1.29, 1.82) is 0 Å². The van der Waals surface area contributed by atoms with E-state index >= 15 is 0 Å². The van der Waals surface area contributed by atoms with Crippen LogP contribution in [-0.4, -0.2) is 14.5 Å². The number of hydrogen-bond donors (Lipinski definition) is 0. The van der Waals surface area contributed by atoms with Crippen LogP contribution in [0.2, 0.25) is 0 Å². The SMILES string of the molecule is Cc1cccc(Cn2cc(Br)c3c([N+](=O)[O-])cccc32)n1. The molecule has 2 heterocycles. The Morgan fingerprint density at radius 3 is 2.76 bits per heavy atom. The molecule has 0 N–H and O–H groups in total. The number of fused-ring (bicyclic) bond motifs is 1. The van der Waals surface area contributed by atoms with Gasteiger partial charge < -0.3 is 4.57 Å². The first-order valence-corrected chi connectivity index (χ1v) is 7.20. The average molecular weight is 346 g/mol. The number of hydrogen-bond acceptors (Lipinski definition) is 3. The number of rotatable bonds is 3. The van der Waals surface area contributed by atoms with Crippen molar-refractivity contribution in [1.82, 2.24) is 9.55 Å². The fraction of sp³-hybridized carbons (Fsp3) is 0.133. The summed E-state index contributed by atoms with van der Waals surface area (Å²) in [5.41, 5.74) is 2.80. The van der Waals surface area contributed by atoms with Crippen molar-refractivity contribution in [2.45, 2.75) is 13.5 Å². The summed E-state index contributed by atoms with van der Waals surface area (Å²) in [5, 5.41) is 11.8. The van der Waals surface area contributed by atoms with E-state index in [1.807, 2.05) is 42.0 Å². The van der Waals surface area contributed by atoms with Crippen molar-refractivity contribution in [2.75, 3.05) is 0 Å². The molecule has 5 nitrogen and oxygen atoms in total. The van der Waals surface area contributed by atoms with E-state index in [0.717, 1.165) is 21.4 Å². The monoisotopic (exact) mass is 345 g/mol. The number of benzene rings is 1. The second kappa shape index (κ2) is 5.29. The van der Waals surface area contributed by atoms with Gasteiger partial charge in [0, 0.05) is 22.4 Å². The molecule has 0 amide bonds. The maximum Gasteiger partial charge on any atom is 0.279 e. The highest BCUT2D eigenvalue weighted by Gasteiger charge is 2.18. The third-order valence-electron chi connectivity index (χ3n) is 3.31. The predicted octanol–water partition coefficient (Wildman–Crippen LogP) is 4.06. The quantitative estimate of drug-likeness (QED) is 0.531. The van der Waals surface area contributed by atoms with Crippen molar-refractivity contribution < 1.29 is 4.92 Å². The smallest absolute Gasteiger partial charge is 0.279 e. The van der Waals surface area contributed by atoms with E-state index in [-0.39, 0.29) is 10.6 Å². The van der Waals surface area contributed by atoms with Crippen LogP contribution in [0.25, 0.3) is 10.9 Å². The number of nitrogens with zero attached hydrogens (tertiary/aromatic N) is 3. The fourth-order valence-electron chi connectivity index (χ4n) is 2.43. The van der Waals surface area contributed by atoms with Gasteiger partial charge in [-0.2, -0.15) is 0 Å². The molecule has 3 rings (SSSR count). The molecule has 0 bridgehead atoms. The number of aromatic nitrogens is 2. The molecule has 0 aliphatic rings. The van der Waals surface area contributed by atoms with E-state index in [1.165, 1.54) is 6.07 Å². The molecule has 1 aromatic carbocycles. The van der Waals surface area contributed by atoms with Gasteiger partial charge in [-0.25, -0.2) is 0 Å². The van der Waals surface area contributed by atoms with E-state index in [1.54, 1.807) is 6.07 Å². The summed E-state index contributed by atoms with van der Waals surface area (Å²) in [4.78, 5) is 15.3. The Morgan fingerprint density at radius 1 is 1.29 bits per heavy atom. The van der Waals surface area contributed by atoms with Crippen LogP contribution in [0.1, 0.15) is 11.4 Å². The highest BCUT2D eigenvalue weighted by Crippen LogP contribution is 2.34. The second-order valence-corrected chi connectivity index (χ2v) is 5.66. The molecule has 0 unspecified atom stereocenters. The summed E-state index contributed by atoms with van der Waals surface area (Å²) in [6, 6.07) is 10.9. The molecule has 0 aliphatic carbocycles. The van der Waals surface area contributed by atoms with Crippen LogP contribution in [0.5, 0.6) is 0 Å². The molecule has 0 saturated heterocycles. The molecule has 2 aromatic heterocycles. The molecule has 0 atom stereocenters. The van der Waals surface area contributed by atoms with Crippen LogP contribution >= 0.6 is 15.9 Å². The van der Waals surface area contributed by atoms with E-state index in [0.29, 0.717) is 11.9 Å². The summed E-state index contributed by atoms with van der Waals surface area (Å²) in [5.74, 6) is 0. The summed E-state index contributed by atoms with van der Waals surface area (Å²) >= 11 is 3.42. The summed E-state index contributed by atoms with van der Waals surface area (Å²) in [7, 11) is 0. The third-order valence-corrected chi connectivity index (χ3v) is 3.91. The van der Waals surface area contributed by atoms with Gasteiger partial charge in [0.25, 0.3) is 5.69 Å². The van der Waals surface area contributed by atoms with Crippen molar-refractivity contribution >= 4 is 32.5 Å². The lowest BCUT2D eigenvalue weighted by molar-refractivity contribution is -0.383. The van der Waals surface area contributed by atoms with Crippen LogP contribution in [0.3, 0.4) is 0 Å². The van der Waals surface area contributed by atoms with E-state index < -0.39 is 0 Å². The van der Waals surface area contributed by atoms with Crippen LogP contribution in [0, 0.1) is 17.0 Å². The molecule has 3 aromatic rings. The zero-order valence-electron chi connectivity index (χ0n) is 11.3. The molecule has 0 aliphatic heterocycles. The normalized spacial score (nSPS) is 11.0. The molecule has 106 valence electrons. The first-order valence-electron chi connectivity index (χ1n) is 6.40. The Kier molecular flexibility index (Phi) is 3.47. The largest absolute Gasteiger partial charge is 0.340 e. The van der Waals surface area contributed by atoms with E-state index in [2.05, 4.69) is 20.9 Å². The van der Waals surface area contributed by atoms with Crippen molar-refractivity contribution in [3.05, 3.63) is 68.6 Å². The van der Waals surface area contributed by atoms with Crippen LogP contribution < -0.4 is 0 Å². The fourth-order valence-corrected chi connectivity index (χ4v) is 3.08. The maximum atomic E-state index is 11.1. The highest BCUT2D eigenvalue weighted by atomic mass is 79.9. The molecular weight excluding hydrogens is 334 g/mol. The maximum absolute atomic E-state index is 11.1. The molecule has 0 spiro atoms. The molecule has 0 radical (unpaired) electrons. The minimum absolute atomic E-state index is 0.107. The van der Waals surface area contributed by atoms with Crippen molar-refractivity contribution in [3.63, 3.8) is 0 Å². The van der Waals surface area contributed by atoms with Crippen molar-refractivity contribution in [3.8, 4) is 0 Å². The lowest BCUT2D eigenvalue weighted by Gasteiger charge is -2.05. The number of nitro groups is 1. The van der Waals surface area contributed by atoms with Gasteiger partial charge in [-0.1, -0.05) is 12.1 Å². The first kappa shape index (κ1) is 13.8. The molecule has 0 saturated carbocycles. The summed E-state index contributed by atoms with van der Waals surface area (Å²) in [6.07, 6.45) is 1.86. The lowest BCUT2D eigenvalue weighted by Crippen LogP contribution is -2.01. The lowest BCUT2D eigenvalue weighted by atomic mass is 10.2. The van der Waals surface area contributed by atoms with Crippen LogP contribution in [-0.2, 0) is 6.54 Å². The first-order chi connectivity index (χ1) is 10.1. The van der Waals surface area contributed by atoms with Gasteiger partial charge in [-0.15, -0.1) is 0 Å². The number of aryl methyl sites for hydroxylation is 1. The standard InChI is InChI=1S/C15H12BrN3O2/c1-10-4-2-5-11(17-10)8-18-9-12(16)15-13(18)6-3-7-14(15)19(20)21/h2-7,9H,8H2,1H3. The molecular formula is C15H12BrN3O2. The van der Waals surface area contributed by atoms with Crippen molar-refractivity contribution in [2.24, 2.45) is 0 Å². The van der Waals surface area contributed by atoms with E-state index in [9.17, 15) is 10.1 Å². The van der Waals surface area contributed by atoms with Gasteiger partial charge in [0.1, 0.15) is 0 Å². The Hall–Kier alpha value is -2.21. The Morgan fingerprint density at radius 2 is 2.05 bits per heavy atom. The van der Waals surface area contributed by atoms with Gasteiger partial charge in [-0.3, -0.25) is 15.1 Å². The minimum Gasteiger partial charge on any atom is -0.340 e. The van der Waals surface area contributed by atoms with Crippen LogP contribution in [0.4, 0.5) is 5.69 Å². The molecule has 21 heavy (non-hydrogen) atoms. The van der Waals surface area contributed by atoms with Gasteiger partial charge in [-0.05, 0) is 41.1 Å². The number of non-ortho nitro benzene ring substituents is 1. The Bertz CT molecular complexity index is 842. The third kappa shape index (κ3) is 2.54. The molecule has 6 heteroatoms.